The summed E-state index contributed by atoms with van der Waals surface area (Å²) in [4.78, 5) is 37.5. The van der Waals surface area contributed by atoms with E-state index in [1.54, 1.807) is 0 Å². The van der Waals surface area contributed by atoms with Gasteiger partial charge in [-0.3, -0.25) is 9.78 Å². The lowest BCUT2D eigenvalue weighted by molar-refractivity contribution is -0.274. The molecule has 0 radical (unpaired) electrons. The first-order valence-electron chi connectivity index (χ1n) is 6.06. The van der Waals surface area contributed by atoms with E-state index in [2.05, 4.69) is 19.7 Å². The van der Waals surface area contributed by atoms with Gasteiger partial charge < -0.3 is 14.6 Å². The molecule has 0 atom stereocenters. The smallest absolute Gasteiger partial charge is 0.406 e. The molecule has 2 heterocycles. The minimum Gasteiger partial charge on any atom is -0.406 e. The van der Waals surface area contributed by atoms with Crippen molar-refractivity contribution in [2.45, 2.75) is 6.36 Å². The molecule has 0 unspecified atom stereocenters. The molecule has 8 nitrogen and oxygen atoms in total. The number of hydrogen-bond donors (Lipinski definition) is 2. The van der Waals surface area contributed by atoms with Crippen LogP contribution in [0.2, 0.25) is 0 Å². The molecule has 1 aromatic carbocycles. The number of halogens is 3. The zero-order valence-electron chi connectivity index (χ0n) is 11.0. The zero-order valence-corrected chi connectivity index (χ0v) is 11.0. The minimum absolute atomic E-state index is 0.0154. The average Bonchev–Trinajstić information content (AvgIpc) is 2.92. The number of ether oxygens (including phenoxy) is 1. The Morgan fingerprint density at radius 3 is 2.39 bits per heavy atom. The maximum absolute atomic E-state index is 12.1. The number of aromatic amines is 2. The monoisotopic (exact) mass is 328 g/mol. The maximum atomic E-state index is 12.1. The summed E-state index contributed by atoms with van der Waals surface area (Å²) >= 11 is 0. The Bertz CT molecular complexity index is 955. The molecule has 3 aromatic rings. The van der Waals surface area contributed by atoms with Gasteiger partial charge in [-0.1, -0.05) is 4.73 Å². The highest BCUT2D eigenvalue weighted by atomic mass is 19.4. The summed E-state index contributed by atoms with van der Waals surface area (Å²) in [6.07, 6.45) is -3.60. The third kappa shape index (κ3) is 3.02. The van der Waals surface area contributed by atoms with Crippen molar-refractivity contribution in [2.75, 3.05) is 0 Å². The Labute approximate surface area is 124 Å². The van der Waals surface area contributed by atoms with Gasteiger partial charge in [-0.2, -0.15) is 0 Å². The summed E-state index contributed by atoms with van der Waals surface area (Å²) in [5, 5.41) is 0. The van der Waals surface area contributed by atoms with Crippen LogP contribution in [0.1, 0.15) is 0 Å². The predicted octanol–water partition coefficient (Wildman–Crippen LogP) is 1.15. The van der Waals surface area contributed by atoms with Crippen molar-refractivity contribution in [3.05, 3.63) is 51.4 Å². The van der Waals surface area contributed by atoms with E-state index in [9.17, 15) is 22.8 Å². The van der Waals surface area contributed by atoms with Crippen molar-refractivity contribution in [2.24, 2.45) is 0 Å². The summed E-state index contributed by atoms with van der Waals surface area (Å²) in [6, 6.07) is 4.20. The van der Waals surface area contributed by atoms with Gasteiger partial charge in [0.15, 0.2) is 16.9 Å². The first-order chi connectivity index (χ1) is 10.8. The molecule has 0 fully saturated rings. The van der Waals surface area contributed by atoms with Crippen LogP contribution in [-0.2, 0) is 0 Å². The second kappa shape index (κ2) is 5.19. The van der Waals surface area contributed by atoms with E-state index in [-0.39, 0.29) is 16.9 Å². The molecule has 3 rings (SSSR count). The van der Waals surface area contributed by atoms with Gasteiger partial charge in [-0.05, 0) is 24.3 Å². The van der Waals surface area contributed by atoms with Gasteiger partial charge >= 0.3 is 17.6 Å². The molecule has 120 valence electrons. The van der Waals surface area contributed by atoms with Crippen LogP contribution < -0.4 is 20.8 Å². The Hall–Kier alpha value is -3.24. The number of benzene rings is 1. The lowest BCUT2D eigenvalue weighted by atomic mass is 10.3. The van der Waals surface area contributed by atoms with Gasteiger partial charge in [-0.25, -0.2) is 9.78 Å². The van der Waals surface area contributed by atoms with Crippen LogP contribution in [0.25, 0.3) is 11.2 Å². The van der Waals surface area contributed by atoms with E-state index in [1.807, 2.05) is 0 Å². The molecule has 11 heteroatoms. The number of H-pyrrole nitrogens is 2. The van der Waals surface area contributed by atoms with Gasteiger partial charge in [0.2, 0.25) is 0 Å². The number of nitrogens with zero attached hydrogens (tertiary/aromatic N) is 2. The van der Waals surface area contributed by atoms with E-state index in [0.29, 0.717) is 4.73 Å². The molecule has 2 aromatic heterocycles. The first kappa shape index (κ1) is 14.7. The normalized spacial score (nSPS) is 11.6. The second-order valence-electron chi connectivity index (χ2n) is 4.27. The van der Waals surface area contributed by atoms with Crippen LogP contribution in [0.4, 0.5) is 13.2 Å². The van der Waals surface area contributed by atoms with Crippen LogP contribution in [0.15, 0.2) is 40.2 Å². The standard InChI is InChI=1S/C12H7F3N4O4/c13-12(14,15)22-6-1-3-7(4-2-6)23-19-10(20)8-9(17-5-16-8)18-11(19)21/h1-5H,(H,16,17)(H,18,21). The lowest BCUT2D eigenvalue weighted by Gasteiger charge is -2.10. The SMILES string of the molecule is O=c1[nH]c2nc[nH]c2c(=O)n1Oc1ccc(OC(F)(F)F)cc1. The number of imidazole rings is 1. The zero-order chi connectivity index (χ0) is 16.6. The van der Waals surface area contributed by atoms with Crippen molar-refractivity contribution in [3.8, 4) is 11.5 Å². The summed E-state index contributed by atoms with van der Waals surface area (Å²) in [6.45, 7) is 0. The topological polar surface area (TPSA) is 102 Å². The molecule has 0 saturated heterocycles. The number of rotatable bonds is 3. The van der Waals surface area contributed by atoms with Crippen molar-refractivity contribution in [1.82, 2.24) is 19.7 Å². The Kier molecular flexibility index (Phi) is 3.32. The number of fused-ring (bicyclic) bond motifs is 1. The van der Waals surface area contributed by atoms with E-state index < -0.39 is 23.4 Å². The average molecular weight is 328 g/mol. The highest BCUT2D eigenvalue weighted by Gasteiger charge is 2.31. The van der Waals surface area contributed by atoms with Gasteiger partial charge in [0.05, 0.1) is 6.33 Å². The van der Waals surface area contributed by atoms with Crippen molar-refractivity contribution < 1.29 is 22.7 Å². The number of alkyl halides is 3. The molecular formula is C12H7F3N4O4. The lowest BCUT2D eigenvalue weighted by Crippen LogP contribution is -2.38. The maximum Gasteiger partial charge on any atom is 0.573 e. The molecule has 0 aliphatic rings. The van der Waals surface area contributed by atoms with E-state index in [1.165, 1.54) is 6.33 Å². The van der Waals surface area contributed by atoms with E-state index in [4.69, 9.17) is 4.84 Å². The van der Waals surface area contributed by atoms with Crippen molar-refractivity contribution in [3.63, 3.8) is 0 Å². The largest absolute Gasteiger partial charge is 0.573 e. The molecule has 0 aliphatic heterocycles. The van der Waals surface area contributed by atoms with Crippen molar-refractivity contribution in [1.29, 1.82) is 0 Å². The van der Waals surface area contributed by atoms with E-state index in [0.717, 1.165) is 24.3 Å². The Morgan fingerprint density at radius 2 is 1.74 bits per heavy atom. The Balaban J connectivity index is 1.90. The molecule has 0 amide bonds. The summed E-state index contributed by atoms with van der Waals surface area (Å²) < 4.78 is 40.3. The fraction of sp³-hybridized carbons (Fsp3) is 0.0833. The number of nitrogens with one attached hydrogen (secondary N) is 2. The van der Waals surface area contributed by atoms with Gasteiger partial charge in [0, 0.05) is 0 Å². The summed E-state index contributed by atoms with van der Waals surface area (Å²) in [5.41, 5.74) is -1.60. The third-order valence-electron chi connectivity index (χ3n) is 2.70. The van der Waals surface area contributed by atoms with Crippen LogP contribution in [-0.4, -0.2) is 26.0 Å². The fourth-order valence-corrected chi connectivity index (χ4v) is 1.79. The van der Waals surface area contributed by atoms with Crippen LogP contribution in [0, 0.1) is 0 Å². The highest BCUT2D eigenvalue weighted by molar-refractivity contribution is 5.67. The van der Waals surface area contributed by atoms with Gasteiger partial charge in [0.1, 0.15) is 5.75 Å². The molecule has 0 saturated carbocycles. The number of aromatic nitrogens is 4. The quantitative estimate of drug-likeness (QED) is 0.751. The molecule has 23 heavy (non-hydrogen) atoms. The molecule has 2 N–H and O–H groups in total. The summed E-state index contributed by atoms with van der Waals surface area (Å²) in [5.74, 6) is -0.499. The molecular weight excluding hydrogens is 321 g/mol. The van der Waals surface area contributed by atoms with Crippen LogP contribution >= 0.6 is 0 Å². The fourth-order valence-electron chi connectivity index (χ4n) is 1.79. The molecule has 0 bridgehead atoms. The molecule has 0 spiro atoms. The highest BCUT2D eigenvalue weighted by Crippen LogP contribution is 2.24. The first-order valence-corrected chi connectivity index (χ1v) is 6.06. The number of hydrogen-bond acceptors (Lipinski definition) is 5. The molecule has 0 aliphatic carbocycles. The van der Waals surface area contributed by atoms with Crippen LogP contribution in [0.5, 0.6) is 11.5 Å². The van der Waals surface area contributed by atoms with Crippen molar-refractivity contribution >= 4 is 11.2 Å². The second-order valence-corrected chi connectivity index (χ2v) is 4.27. The van der Waals surface area contributed by atoms with Gasteiger partial charge in [-0.15, -0.1) is 13.2 Å². The predicted molar refractivity (Wildman–Crippen MR) is 70.1 cm³/mol. The third-order valence-corrected chi connectivity index (χ3v) is 2.70. The van der Waals surface area contributed by atoms with Crippen LogP contribution in [0.3, 0.4) is 0 Å². The summed E-state index contributed by atoms with van der Waals surface area (Å²) in [7, 11) is 0. The Morgan fingerprint density at radius 1 is 1.09 bits per heavy atom. The van der Waals surface area contributed by atoms with Gasteiger partial charge in [0.25, 0.3) is 0 Å². The van der Waals surface area contributed by atoms with E-state index >= 15 is 0 Å². The minimum atomic E-state index is -4.82.